The molecule has 0 amide bonds. The van der Waals surface area contributed by atoms with E-state index >= 15 is 0 Å². The van der Waals surface area contributed by atoms with Crippen LogP contribution in [-0.4, -0.2) is 41.9 Å². The smallest absolute Gasteiger partial charge is 0.192 e. The molecule has 5 heteroatoms. The molecule has 0 saturated carbocycles. The molecule has 132 valence electrons. The SMILES string of the molecule is CC(C)(C)[Si](C)(C)OC[C@@H]1CC(O[Si](C)(C)C(C)(C)C)CN1. The average molecular weight is 346 g/mol. The largest absolute Gasteiger partial charge is 0.415 e. The van der Waals surface area contributed by atoms with Crippen LogP contribution in [0.25, 0.3) is 0 Å². The van der Waals surface area contributed by atoms with Gasteiger partial charge >= 0.3 is 0 Å². The summed E-state index contributed by atoms with van der Waals surface area (Å²) in [5.74, 6) is 0. The van der Waals surface area contributed by atoms with E-state index in [0.717, 1.165) is 19.6 Å². The third-order valence-corrected chi connectivity index (χ3v) is 14.9. The summed E-state index contributed by atoms with van der Waals surface area (Å²) in [5, 5.41) is 4.16. The van der Waals surface area contributed by atoms with Crippen LogP contribution in [0.3, 0.4) is 0 Å². The zero-order chi connectivity index (χ0) is 17.4. The van der Waals surface area contributed by atoms with Crippen LogP contribution in [0.5, 0.6) is 0 Å². The fourth-order valence-electron chi connectivity index (χ4n) is 2.12. The molecular formula is C17H39NO2Si2. The second-order valence-corrected chi connectivity index (χ2v) is 19.5. The first-order valence-electron chi connectivity index (χ1n) is 8.71. The van der Waals surface area contributed by atoms with E-state index in [1.165, 1.54) is 0 Å². The van der Waals surface area contributed by atoms with Gasteiger partial charge in [0, 0.05) is 19.2 Å². The molecule has 1 heterocycles. The summed E-state index contributed by atoms with van der Waals surface area (Å²) in [7, 11) is -3.30. The van der Waals surface area contributed by atoms with Gasteiger partial charge in [-0.15, -0.1) is 0 Å². The first kappa shape index (κ1) is 20.4. The highest BCUT2D eigenvalue weighted by molar-refractivity contribution is 6.74. The molecule has 1 fully saturated rings. The topological polar surface area (TPSA) is 30.5 Å². The predicted molar refractivity (Wildman–Crippen MR) is 102 cm³/mol. The van der Waals surface area contributed by atoms with E-state index in [1.807, 2.05) is 0 Å². The van der Waals surface area contributed by atoms with Crippen molar-refractivity contribution in [1.82, 2.24) is 5.32 Å². The van der Waals surface area contributed by atoms with Crippen molar-refractivity contribution in [2.45, 2.75) is 96.4 Å². The lowest BCUT2D eigenvalue weighted by Crippen LogP contribution is -2.44. The Morgan fingerprint density at radius 2 is 1.41 bits per heavy atom. The van der Waals surface area contributed by atoms with Gasteiger partial charge in [0.1, 0.15) is 0 Å². The summed E-state index contributed by atoms with van der Waals surface area (Å²) >= 11 is 0. The van der Waals surface area contributed by atoms with E-state index in [2.05, 4.69) is 73.0 Å². The molecule has 1 N–H and O–H groups in total. The van der Waals surface area contributed by atoms with Crippen molar-refractivity contribution in [3.8, 4) is 0 Å². The third kappa shape index (κ3) is 5.16. The van der Waals surface area contributed by atoms with Crippen molar-refractivity contribution in [1.29, 1.82) is 0 Å². The minimum atomic E-state index is -1.66. The summed E-state index contributed by atoms with van der Waals surface area (Å²) in [5.41, 5.74) is 0. The van der Waals surface area contributed by atoms with Crippen LogP contribution in [0, 0.1) is 0 Å². The highest BCUT2D eigenvalue weighted by Gasteiger charge is 2.42. The summed E-state index contributed by atoms with van der Waals surface area (Å²) < 4.78 is 12.9. The Bertz CT molecular complexity index is 370. The lowest BCUT2D eigenvalue weighted by molar-refractivity contribution is 0.189. The Morgan fingerprint density at radius 3 is 1.86 bits per heavy atom. The summed E-state index contributed by atoms with van der Waals surface area (Å²) in [6.07, 6.45) is 1.44. The van der Waals surface area contributed by atoms with Gasteiger partial charge in [-0.1, -0.05) is 41.5 Å². The van der Waals surface area contributed by atoms with Gasteiger partial charge in [-0.2, -0.15) is 0 Å². The molecule has 1 aliphatic rings. The van der Waals surface area contributed by atoms with Crippen LogP contribution in [0.2, 0.25) is 36.3 Å². The van der Waals surface area contributed by atoms with Crippen LogP contribution in [0.15, 0.2) is 0 Å². The standard InChI is InChI=1S/C17H39NO2Si2/c1-16(2,3)21(7,8)19-13-14-11-15(12-18-14)20-22(9,10)17(4,5)6/h14-15,18H,11-13H2,1-10H3/t14-,15?/m0/s1. The number of hydrogen-bond acceptors (Lipinski definition) is 3. The fraction of sp³-hybridized carbons (Fsp3) is 1.00. The van der Waals surface area contributed by atoms with Crippen molar-refractivity contribution in [2.75, 3.05) is 13.2 Å². The van der Waals surface area contributed by atoms with Crippen molar-refractivity contribution < 1.29 is 8.85 Å². The van der Waals surface area contributed by atoms with Gasteiger partial charge < -0.3 is 14.2 Å². The van der Waals surface area contributed by atoms with E-state index < -0.39 is 16.6 Å². The van der Waals surface area contributed by atoms with Gasteiger partial charge in [0.15, 0.2) is 16.6 Å². The molecule has 3 nitrogen and oxygen atoms in total. The monoisotopic (exact) mass is 345 g/mol. The summed E-state index contributed by atoms with van der Waals surface area (Å²) in [4.78, 5) is 0. The Morgan fingerprint density at radius 1 is 0.909 bits per heavy atom. The van der Waals surface area contributed by atoms with Gasteiger partial charge in [0.2, 0.25) is 0 Å². The zero-order valence-electron chi connectivity index (χ0n) is 16.6. The van der Waals surface area contributed by atoms with Crippen LogP contribution < -0.4 is 5.32 Å². The van der Waals surface area contributed by atoms with Crippen LogP contribution >= 0.6 is 0 Å². The van der Waals surface area contributed by atoms with Gasteiger partial charge in [0.05, 0.1) is 6.10 Å². The molecule has 22 heavy (non-hydrogen) atoms. The average Bonchev–Trinajstić information content (AvgIpc) is 2.70. The second-order valence-electron chi connectivity index (χ2n) is 9.91. The van der Waals surface area contributed by atoms with Crippen molar-refractivity contribution in [3.05, 3.63) is 0 Å². The van der Waals surface area contributed by atoms with E-state index in [0.29, 0.717) is 12.1 Å². The van der Waals surface area contributed by atoms with Gasteiger partial charge in [-0.05, 0) is 42.7 Å². The number of hydrogen-bond donors (Lipinski definition) is 1. The number of rotatable bonds is 5. The maximum atomic E-state index is 6.52. The third-order valence-electron chi connectivity index (χ3n) is 5.90. The molecule has 1 saturated heterocycles. The quantitative estimate of drug-likeness (QED) is 0.729. The Hall–Kier alpha value is 0.314. The van der Waals surface area contributed by atoms with Crippen LogP contribution in [0.4, 0.5) is 0 Å². The Labute approximate surface area is 140 Å². The predicted octanol–water partition coefficient (Wildman–Crippen LogP) is 4.76. The van der Waals surface area contributed by atoms with E-state index in [1.54, 1.807) is 0 Å². The lowest BCUT2D eigenvalue weighted by Gasteiger charge is -2.38. The molecule has 0 bridgehead atoms. The highest BCUT2D eigenvalue weighted by Crippen LogP contribution is 2.39. The second kappa shape index (κ2) is 6.67. The van der Waals surface area contributed by atoms with E-state index in [-0.39, 0.29) is 10.1 Å². The molecule has 2 atom stereocenters. The van der Waals surface area contributed by atoms with Crippen molar-refractivity contribution in [2.24, 2.45) is 0 Å². The molecule has 0 aromatic carbocycles. The first-order valence-corrected chi connectivity index (χ1v) is 14.5. The molecule has 1 unspecified atom stereocenters. The molecule has 1 rings (SSSR count). The molecular weight excluding hydrogens is 306 g/mol. The molecule has 0 radical (unpaired) electrons. The maximum absolute atomic E-state index is 6.52. The molecule has 0 aromatic rings. The van der Waals surface area contributed by atoms with Gasteiger partial charge in [-0.25, -0.2) is 0 Å². The minimum Gasteiger partial charge on any atom is -0.415 e. The molecule has 0 aliphatic carbocycles. The van der Waals surface area contributed by atoms with Crippen LogP contribution in [-0.2, 0) is 8.85 Å². The summed E-state index contributed by atoms with van der Waals surface area (Å²) in [6.45, 7) is 24.9. The van der Waals surface area contributed by atoms with Crippen molar-refractivity contribution in [3.63, 3.8) is 0 Å². The minimum absolute atomic E-state index is 0.280. The Balaban J connectivity index is 2.48. The molecule has 1 aliphatic heterocycles. The van der Waals surface area contributed by atoms with Gasteiger partial charge in [0.25, 0.3) is 0 Å². The summed E-state index contributed by atoms with van der Waals surface area (Å²) in [6, 6.07) is 0.448. The van der Waals surface area contributed by atoms with Crippen LogP contribution in [0.1, 0.15) is 48.0 Å². The first-order chi connectivity index (χ1) is 9.66. The van der Waals surface area contributed by atoms with Crippen molar-refractivity contribution >= 4 is 16.6 Å². The lowest BCUT2D eigenvalue weighted by atomic mass is 10.2. The maximum Gasteiger partial charge on any atom is 0.192 e. The molecule has 0 spiro atoms. The van der Waals surface area contributed by atoms with E-state index in [4.69, 9.17) is 8.85 Å². The normalized spacial score (nSPS) is 24.8. The van der Waals surface area contributed by atoms with Gasteiger partial charge in [-0.3, -0.25) is 0 Å². The fourth-order valence-corrected chi connectivity index (χ4v) is 4.54. The zero-order valence-corrected chi connectivity index (χ0v) is 18.6. The number of nitrogens with one attached hydrogen (secondary N) is 1. The van der Waals surface area contributed by atoms with E-state index in [9.17, 15) is 0 Å². The molecule has 0 aromatic heterocycles. The highest BCUT2D eigenvalue weighted by atomic mass is 28.4. The Kier molecular flexibility index (Phi) is 6.17.